The van der Waals surface area contributed by atoms with Gasteiger partial charge < -0.3 is 10.6 Å². The summed E-state index contributed by atoms with van der Waals surface area (Å²) in [6.07, 6.45) is 2.60. The van der Waals surface area contributed by atoms with Crippen molar-refractivity contribution in [2.24, 2.45) is 10.9 Å². The fraction of sp³-hybridized carbons (Fsp3) is 0.875. The van der Waals surface area contributed by atoms with Crippen LogP contribution in [-0.2, 0) is 0 Å². The van der Waals surface area contributed by atoms with Gasteiger partial charge in [-0.15, -0.1) is 24.8 Å². The van der Waals surface area contributed by atoms with Gasteiger partial charge in [0.1, 0.15) is 5.84 Å². The van der Waals surface area contributed by atoms with E-state index in [1.165, 1.54) is 25.2 Å². The van der Waals surface area contributed by atoms with Gasteiger partial charge >= 0.3 is 0 Å². The van der Waals surface area contributed by atoms with Crippen molar-refractivity contribution in [2.45, 2.75) is 12.8 Å². The molecule has 0 aromatic rings. The Bertz CT molecular complexity index is 167. The quantitative estimate of drug-likeness (QED) is 0.694. The second-order valence-corrected chi connectivity index (χ2v) is 3.24. The first-order valence-electron chi connectivity index (χ1n) is 4.46. The highest BCUT2D eigenvalue weighted by Crippen LogP contribution is 2.12. The van der Waals surface area contributed by atoms with Gasteiger partial charge in [0, 0.05) is 19.0 Å². The Hall–Kier alpha value is 0.01000. The zero-order chi connectivity index (χ0) is 7.52. The van der Waals surface area contributed by atoms with Crippen molar-refractivity contribution in [3.05, 3.63) is 0 Å². The monoisotopic (exact) mass is 225 g/mol. The Kier molecular flexibility index (Phi) is 6.47. The number of piperidine rings is 1. The second kappa shape index (κ2) is 6.46. The van der Waals surface area contributed by atoms with Crippen LogP contribution in [0, 0.1) is 5.92 Å². The Morgan fingerprint density at radius 2 is 2.08 bits per heavy atom. The van der Waals surface area contributed by atoms with Crippen molar-refractivity contribution in [3.8, 4) is 0 Å². The molecule has 0 aliphatic carbocycles. The lowest BCUT2D eigenvalue weighted by Gasteiger charge is -2.22. The minimum Gasteiger partial charge on any atom is -0.372 e. The number of rotatable bonds is 1. The van der Waals surface area contributed by atoms with Gasteiger partial charge in [0.05, 0.1) is 6.54 Å². The lowest BCUT2D eigenvalue weighted by Crippen LogP contribution is -2.38. The van der Waals surface area contributed by atoms with E-state index in [0.717, 1.165) is 19.6 Å². The summed E-state index contributed by atoms with van der Waals surface area (Å²) >= 11 is 0. The molecule has 0 aromatic carbocycles. The molecule has 78 valence electrons. The molecule has 0 amide bonds. The number of halogens is 2. The normalized spacial score (nSPS) is 26.5. The Labute approximate surface area is 91.6 Å². The van der Waals surface area contributed by atoms with Crippen molar-refractivity contribution in [1.82, 2.24) is 10.6 Å². The smallest absolute Gasteiger partial charge is 0.101 e. The number of aliphatic imine (C=N–C) groups is 1. The van der Waals surface area contributed by atoms with E-state index < -0.39 is 0 Å². The molecule has 3 nitrogen and oxygen atoms in total. The lowest BCUT2D eigenvalue weighted by molar-refractivity contribution is 0.453. The molecule has 2 aliphatic heterocycles. The van der Waals surface area contributed by atoms with E-state index in [1.54, 1.807) is 0 Å². The zero-order valence-corrected chi connectivity index (χ0v) is 9.22. The van der Waals surface area contributed by atoms with Crippen LogP contribution in [0.2, 0.25) is 0 Å². The minimum atomic E-state index is 0. The summed E-state index contributed by atoms with van der Waals surface area (Å²) in [5.74, 6) is 1.92. The number of nitrogens with one attached hydrogen (secondary N) is 2. The molecule has 0 radical (unpaired) electrons. The summed E-state index contributed by atoms with van der Waals surface area (Å²) < 4.78 is 0. The molecule has 0 saturated carbocycles. The van der Waals surface area contributed by atoms with Gasteiger partial charge in [0.15, 0.2) is 0 Å². The van der Waals surface area contributed by atoms with Crippen LogP contribution in [0.15, 0.2) is 4.99 Å². The van der Waals surface area contributed by atoms with Gasteiger partial charge in [0.2, 0.25) is 0 Å². The largest absolute Gasteiger partial charge is 0.372 e. The average molecular weight is 226 g/mol. The molecule has 1 unspecified atom stereocenters. The molecule has 2 aliphatic rings. The summed E-state index contributed by atoms with van der Waals surface area (Å²) in [6, 6.07) is 0. The van der Waals surface area contributed by atoms with Gasteiger partial charge in [-0.25, -0.2) is 0 Å². The Balaban J connectivity index is 0.000000720. The molecule has 2 rings (SSSR count). The van der Waals surface area contributed by atoms with Crippen molar-refractivity contribution >= 4 is 30.6 Å². The van der Waals surface area contributed by atoms with Gasteiger partial charge in [0.25, 0.3) is 0 Å². The highest BCUT2D eigenvalue weighted by Gasteiger charge is 2.20. The molecule has 0 bridgehead atoms. The maximum absolute atomic E-state index is 4.42. The summed E-state index contributed by atoms with van der Waals surface area (Å²) in [6.45, 7) is 4.33. The predicted octanol–water partition coefficient (Wildman–Crippen LogP) is 0.831. The highest BCUT2D eigenvalue weighted by molar-refractivity contribution is 5.86. The summed E-state index contributed by atoms with van der Waals surface area (Å²) in [5, 5.41) is 6.73. The lowest BCUT2D eigenvalue weighted by atomic mass is 9.99. The molecule has 2 heterocycles. The maximum atomic E-state index is 4.42. The first kappa shape index (κ1) is 13.0. The number of amidine groups is 1. The predicted molar refractivity (Wildman–Crippen MR) is 60.4 cm³/mol. The van der Waals surface area contributed by atoms with E-state index in [2.05, 4.69) is 15.6 Å². The van der Waals surface area contributed by atoms with Crippen LogP contribution in [0.25, 0.3) is 0 Å². The van der Waals surface area contributed by atoms with Crippen molar-refractivity contribution < 1.29 is 0 Å². The van der Waals surface area contributed by atoms with Gasteiger partial charge in [-0.1, -0.05) is 0 Å². The molecular weight excluding hydrogens is 209 g/mol. The van der Waals surface area contributed by atoms with Crippen LogP contribution in [0.5, 0.6) is 0 Å². The van der Waals surface area contributed by atoms with Gasteiger partial charge in [-0.2, -0.15) is 0 Å². The Morgan fingerprint density at radius 3 is 2.62 bits per heavy atom. The zero-order valence-electron chi connectivity index (χ0n) is 7.58. The van der Waals surface area contributed by atoms with Gasteiger partial charge in [-0.05, 0) is 19.4 Å². The topological polar surface area (TPSA) is 36.4 Å². The van der Waals surface area contributed by atoms with E-state index in [-0.39, 0.29) is 24.8 Å². The molecule has 2 N–H and O–H groups in total. The summed E-state index contributed by atoms with van der Waals surface area (Å²) in [4.78, 5) is 4.42. The van der Waals surface area contributed by atoms with Crippen LogP contribution in [0.3, 0.4) is 0 Å². The maximum Gasteiger partial charge on any atom is 0.101 e. The summed E-state index contributed by atoms with van der Waals surface area (Å²) in [5.41, 5.74) is 0. The molecule has 1 saturated heterocycles. The standard InChI is InChI=1S/C8H15N3.2ClH/c1-2-7(6-9-3-1)8-10-4-5-11-8;;/h7,9H,1-6H2,(H,10,11);2*1H. The first-order chi connectivity index (χ1) is 5.47. The van der Waals surface area contributed by atoms with Gasteiger partial charge in [-0.3, -0.25) is 4.99 Å². The fourth-order valence-corrected chi connectivity index (χ4v) is 1.77. The molecule has 1 atom stereocenters. The Morgan fingerprint density at radius 1 is 1.23 bits per heavy atom. The molecule has 13 heavy (non-hydrogen) atoms. The highest BCUT2D eigenvalue weighted by atomic mass is 35.5. The first-order valence-corrected chi connectivity index (χ1v) is 4.46. The molecule has 5 heteroatoms. The SMILES string of the molecule is C1CNCC(C2=NCCN2)C1.Cl.Cl. The molecule has 1 fully saturated rings. The van der Waals surface area contributed by atoms with E-state index in [0.29, 0.717) is 5.92 Å². The fourth-order valence-electron chi connectivity index (χ4n) is 1.77. The van der Waals surface area contributed by atoms with E-state index >= 15 is 0 Å². The third kappa shape index (κ3) is 3.33. The van der Waals surface area contributed by atoms with Crippen molar-refractivity contribution in [2.75, 3.05) is 26.2 Å². The third-order valence-electron chi connectivity index (χ3n) is 2.38. The van der Waals surface area contributed by atoms with E-state index in [1.807, 2.05) is 0 Å². The number of hydrogen-bond acceptors (Lipinski definition) is 3. The van der Waals surface area contributed by atoms with E-state index in [9.17, 15) is 0 Å². The molecule has 0 aromatic heterocycles. The van der Waals surface area contributed by atoms with Crippen LogP contribution >= 0.6 is 24.8 Å². The van der Waals surface area contributed by atoms with Crippen molar-refractivity contribution in [1.29, 1.82) is 0 Å². The van der Waals surface area contributed by atoms with Crippen LogP contribution < -0.4 is 10.6 Å². The molecule has 0 spiro atoms. The number of nitrogens with zero attached hydrogens (tertiary/aromatic N) is 1. The van der Waals surface area contributed by atoms with Crippen LogP contribution in [0.1, 0.15) is 12.8 Å². The van der Waals surface area contributed by atoms with Crippen LogP contribution in [0.4, 0.5) is 0 Å². The van der Waals surface area contributed by atoms with E-state index in [4.69, 9.17) is 0 Å². The third-order valence-corrected chi connectivity index (χ3v) is 2.38. The second-order valence-electron chi connectivity index (χ2n) is 3.24. The minimum absolute atomic E-state index is 0. The summed E-state index contributed by atoms with van der Waals surface area (Å²) in [7, 11) is 0. The van der Waals surface area contributed by atoms with Crippen LogP contribution in [-0.4, -0.2) is 32.0 Å². The average Bonchev–Trinajstić information content (AvgIpc) is 2.58. The van der Waals surface area contributed by atoms with Crippen molar-refractivity contribution in [3.63, 3.8) is 0 Å². The molecular formula is C8H17Cl2N3. The number of hydrogen-bond donors (Lipinski definition) is 2.